The first-order valence-electron chi connectivity index (χ1n) is 12.6. The van der Waals surface area contributed by atoms with Crippen LogP contribution in [0.15, 0.2) is 54.6 Å². The zero-order valence-electron chi connectivity index (χ0n) is 21.5. The van der Waals surface area contributed by atoms with Gasteiger partial charge in [-0.1, -0.05) is 42.5 Å². The first-order chi connectivity index (χ1) is 18.3. The van der Waals surface area contributed by atoms with Crippen molar-refractivity contribution in [2.75, 3.05) is 13.2 Å². The zero-order valence-corrected chi connectivity index (χ0v) is 21.5. The quantitative estimate of drug-likeness (QED) is 0.180. The summed E-state index contributed by atoms with van der Waals surface area (Å²) in [5, 5.41) is 12.6. The van der Waals surface area contributed by atoms with Crippen LogP contribution >= 0.6 is 0 Å². The van der Waals surface area contributed by atoms with Gasteiger partial charge in [0, 0.05) is 6.54 Å². The molecule has 11 nitrogen and oxygen atoms in total. The fourth-order valence-corrected chi connectivity index (χ4v) is 4.38. The van der Waals surface area contributed by atoms with E-state index in [0.717, 1.165) is 5.56 Å². The average Bonchev–Trinajstić information content (AvgIpc) is 3.40. The second kappa shape index (κ2) is 14.1. The number of nitrogens with zero attached hydrogens (tertiary/aromatic N) is 2. The molecule has 0 bridgehead atoms. The number of hydrogen-bond donors (Lipinski definition) is 1. The lowest BCUT2D eigenvalue weighted by atomic mass is 10.0. The molecule has 0 saturated carbocycles. The van der Waals surface area contributed by atoms with Gasteiger partial charge in [0.25, 0.3) is 5.09 Å². The number of rotatable bonds is 13. The molecule has 2 aromatic rings. The second-order valence-electron chi connectivity index (χ2n) is 8.97. The van der Waals surface area contributed by atoms with Gasteiger partial charge in [0.1, 0.15) is 24.4 Å². The molecule has 1 aliphatic rings. The third-order valence-electron chi connectivity index (χ3n) is 6.22. The van der Waals surface area contributed by atoms with Crippen molar-refractivity contribution in [2.24, 2.45) is 0 Å². The molecule has 1 fully saturated rings. The van der Waals surface area contributed by atoms with Crippen molar-refractivity contribution in [1.82, 2.24) is 10.2 Å². The van der Waals surface area contributed by atoms with Crippen molar-refractivity contribution in [3.8, 4) is 5.75 Å². The molecule has 0 aliphatic carbocycles. The third-order valence-corrected chi connectivity index (χ3v) is 6.22. The molecular formula is C27H33N3O8. The van der Waals surface area contributed by atoms with Gasteiger partial charge < -0.3 is 19.2 Å². The molecule has 0 spiro atoms. The molecule has 1 unspecified atom stereocenters. The highest BCUT2D eigenvalue weighted by Gasteiger charge is 2.38. The van der Waals surface area contributed by atoms with Gasteiger partial charge in [-0.05, 0) is 62.8 Å². The van der Waals surface area contributed by atoms with Gasteiger partial charge in [0.15, 0.2) is 0 Å². The minimum absolute atomic E-state index is 0.202. The van der Waals surface area contributed by atoms with Crippen LogP contribution in [-0.2, 0) is 37.0 Å². The van der Waals surface area contributed by atoms with Gasteiger partial charge in [0.2, 0.25) is 5.91 Å². The highest BCUT2D eigenvalue weighted by Crippen LogP contribution is 2.22. The molecule has 3 atom stereocenters. The maximum atomic E-state index is 13.3. The Balaban J connectivity index is 1.62. The molecule has 204 valence electrons. The van der Waals surface area contributed by atoms with Crippen LogP contribution in [0.2, 0.25) is 0 Å². The number of ether oxygens (including phenoxy) is 2. The Morgan fingerprint density at radius 1 is 1.13 bits per heavy atom. The van der Waals surface area contributed by atoms with Gasteiger partial charge in [-0.25, -0.2) is 4.79 Å². The van der Waals surface area contributed by atoms with Crippen LogP contribution in [0.3, 0.4) is 0 Å². The lowest BCUT2D eigenvalue weighted by molar-refractivity contribution is -0.763. The van der Waals surface area contributed by atoms with Crippen molar-refractivity contribution >= 4 is 17.8 Å². The normalized spacial score (nSPS) is 16.4. The van der Waals surface area contributed by atoms with Crippen molar-refractivity contribution < 1.29 is 33.8 Å². The van der Waals surface area contributed by atoms with E-state index in [1.807, 2.05) is 30.3 Å². The number of nitrogens with one attached hydrogen (secondary N) is 1. The van der Waals surface area contributed by atoms with E-state index in [-0.39, 0.29) is 24.9 Å². The third kappa shape index (κ3) is 8.27. The number of hydrogen-bond acceptors (Lipinski definition) is 9. The van der Waals surface area contributed by atoms with Crippen LogP contribution in [0.25, 0.3) is 0 Å². The fourth-order valence-electron chi connectivity index (χ4n) is 4.38. The van der Waals surface area contributed by atoms with Gasteiger partial charge in [-0.3, -0.25) is 14.9 Å². The second-order valence-corrected chi connectivity index (χ2v) is 8.97. The van der Waals surface area contributed by atoms with Gasteiger partial charge in [-0.15, -0.1) is 10.1 Å². The van der Waals surface area contributed by atoms with Gasteiger partial charge in [-0.2, -0.15) is 0 Å². The van der Waals surface area contributed by atoms with Crippen LogP contribution in [0.5, 0.6) is 5.75 Å². The van der Waals surface area contributed by atoms with Gasteiger partial charge >= 0.3 is 11.9 Å². The first kappa shape index (κ1) is 28.6. The van der Waals surface area contributed by atoms with Crippen LogP contribution in [0, 0.1) is 10.1 Å². The maximum Gasteiger partial charge on any atom is 0.334 e. The molecule has 2 aromatic carbocycles. The van der Waals surface area contributed by atoms with Gasteiger partial charge in [0.05, 0.1) is 12.6 Å². The summed E-state index contributed by atoms with van der Waals surface area (Å²) in [7, 11) is 0. The molecule has 0 aromatic heterocycles. The van der Waals surface area contributed by atoms with Crippen molar-refractivity contribution in [3.63, 3.8) is 0 Å². The number of amides is 1. The molecule has 38 heavy (non-hydrogen) atoms. The summed E-state index contributed by atoms with van der Waals surface area (Å²) in [4.78, 5) is 55.1. The molecule has 3 rings (SSSR count). The number of benzene rings is 2. The summed E-state index contributed by atoms with van der Waals surface area (Å²) >= 11 is 0. The van der Waals surface area contributed by atoms with E-state index >= 15 is 0 Å². The van der Waals surface area contributed by atoms with Crippen LogP contribution in [0.4, 0.5) is 0 Å². The Bertz CT molecular complexity index is 1110. The molecule has 1 amide bonds. The Hall–Kier alpha value is -3.99. The van der Waals surface area contributed by atoms with E-state index in [1.54, 1.807) is 32.0 Å². The number of carbonyl (C=O) groups is 3. The summed E-state index contributed by atoms with van der Waals surface area (Å²) < 4.78 is 10.7. The smallest absolute Gasteiger partial charge is 0.334 e. The first-order valence-corrected chi connectivity index (χ1v) is 12.6. The fraction of sp³-hybridized carbons (Fsp3) is 0.444. The molecule has 11 heteroatoms. The number of aryl methyl sites for hydroxylation is 1. The highest BCUT2D eigenvalue weighted by molar-refractivity contribution is 5.89. The SMILES string of the molecule is CCOC(=O)[C@H](CCc1ccccc1)NC(C)C(=O)N1CCC[C@H]1C(=O)Oc1cccc(CO[N+](=O)[O-])c1. The average molecular weight is 528 g/mol. The Labute approximate surface area is 221 Å². The van der Waals surface area contributed by atoms with Crippen molar-refractivity contribution in [2.45, 2.75) is 64.3 Å². The summed E-state index contributed by atoms with van der Waals surface area (Å²) in [5.74, 6) is -1.14. The van der Waals surface area contributed by atoms with Crippen LogP contribution in [-0.4, -0.2) is 59.1 Å². The summed E-state index contributed by atoms with van der Waals surface area (Å²) in [6, 6.07) is 13.7. The topological polar surface area (TPSA) is 137 Å². The summed E-state index contributed by atoms with van der Waals surface area (Å²) in [6.07, 6.45) is 2.14. The Kier molecular flexibility index (Phi) is 10.6. The number of carbonyl (C=O) groups excluding carboxylic acids is 3. The zero-order chi connectivity index (χ0) is 27.5. The largest absolute Gasteiger partial charge is 0.465 e. The monoisotopic (exact) mass is 527 g/mol. The molecule has 1 heterocycles. The highest BCUT2D eigenvalue weighted by atomic mass is 16.9. The molecule has 1 N–H and O–H groups in total. The Morgan fingerprint density at radius 3 is 2.58 bits per heavy atom. The molecule has 1 saturated heterocycles. The summed E-state index contributed by atoms with van der Waals surface area (Å²) in [5.41, 5.74) is 1.53. The Morgan fingerprint density at radius 2 is 1.87 bits per heavy atom. The van der Waals surface area contributed by atoms with Crippen LogP contribution < -0.4 is 10.1 Å². The standard InChI is InChI=1S/C27H33N3O8/c1-3-36-26(32)23(15-14-20-9-5-4-6-10-20)28-19(2)25(31)29-16-8-13-24(29)27(33)38-22-12-7-11-21(17-22)18-37-30(34)35/h4-7,9-12,17,19,23-24,28H,3,8,13-16,18H2,1-2H3/t19?,23-,24-/m0/s1. The van der Waals surface area contributed by atoms with E-state index < -0.39 is 35.2 Å². The number of esters is 2. The van der Waals surface area contributed by atoms with Crippen molar-refractivity contribution in [3.05, 3.63) is 75.8 Å². The van der Waals surface area contributed by atoms with E-state index in [9.17, 15) is 24.5 Å². The van der Waals surface area contributed by atoms with E-state index in [2.05, 4.69) is 10.2 Å². The maximum absolute atomic E-state index is 13.3. The molecule has 0 radical (unpaired) electrons. The van der Waals surface area contributed by atoms with Crippen LogP contribution in [0.1, 0.15) is 44.2 Å². The predicted octanol–water partition coefficient (Wildman–Crippen LogP) is 2.83. The predicted molar refractivity (Wildman–Crippen MR) is 136 cm³/mol. The van der Waals surface area contributed by atoms with E-state index in [1.165, 1.54) is 11.0 Å². The van der Waals surface area contributed by atoms with E-state index in [4.69, 9.17) is 9.47 Å². The minimum Gasteiger partial charge on any atom is -0.465 e. The van der Waals surface area contributed by atoms with Crippen molar-refractivity contribution in [1.29, 1.82) is 0 Å². The molecular weight excluding hydrogens is 494 g/mol. The molecule has 1 aliphatic heterocycles. The van der Waals surface area contributed by atoms with E-state index in [0.29, 0.717) is 37.8 Å². The lowest BCUT2D eigenvalue weighted by Gasteiger charge is -2.28. The summed E-state index contributed by atoms with van der Waals surface area (Å²) in [6.45, 7) is 3.73. The number of likely N-dealkylation sites (tertiary alicyclic amines) is 1. The minimum atomic E-state index is -0.899. The lowest BCUT2D eigenvalue weighted by Crippen LogP contribution is -2.53.